The van der Waals surface area contributed by atoms with Crippen LogP contribution in [0.1, 0.15) is 31.4 Å². The van der Waals surface area contributed by atoms with Gasteiger partial charge in [0.25, 0.3) is 0 Å². The highest BCUT2D eigenvalue weighted by atomic mass is 35.5. The first-order valence-electron chi connectivity index (χ1n) is 15.5. The molecule has 2 heterocycles. The van der Waals surface area contributed by atoms with E-state index in [4.69, 9.17) is 25.8 Å². The summed E-state index contributed by atoms with van der Waals surface area (Å²) in [5.74, 6) is 0.157. The summed E-state index contributed by atoms with van der Waals surface area (Å²) >= 11 is 6.03. The summed E-state index contributed by atoms with van der Waals surface area (Å²) in [4.78, 5) is 11.7. The normalized spacial score (nSPS) is 21.4. The smallest absolute Gasteiger partial charge is 0.341 e. The molecular formula is C37H36ClNO7S. The van der Waals surface area contributed by atoms with Crippen molar-refractivity contribution in [1.82, 2.24) is 4.31 Å². The molecule has 2 aliphatic rings. The Kier molecular flexibility index (Phi) is 9.70. The molecule has 47 heavy (non-hydrogen) atoms. The lowest BCUT2D eigenvalue weighted by Crippen LogP contribution is -2.50. The Bertz CT molecular complexity index is 1850. The van der Waals surface area contributed by atoms with Gasteiger partial charge in [0.05, 0.1) is 17.1 Å². The van der Waals surface area contributed by atoms with E-state index >= 15 is 0 Å². The molecule has 10 heteroatoms. The van der Waals surface area contributed by atoms with Crippen LogP contribution in [-0.4, -0.2) is 49.6 Å². The van der Waals surface area contributed by atoms with Crippen LogP contribution in [0.3, 0.4) is 0 Å². The summed E-state index contributed by atoms with van der Waals surface area (Å²) in [5.41, 5.74) is 3.50. The van der Waals surface area contributed by atoms with Crippen molar-refractivity contribution in [3.05, 3.63) is 120 Å². The number of hydrogen-bond acceptors (Lipinski definition) is 6. The lowest BCUT2D eigenvalue weighted by molar-refractivity contribution is -0.139. The largest absolute Gasteiger partial charge is 0.482 e. The number of carboxylic acids is 1. The predicted molar refractivity (Wildman–Crippen MR) is 180 cm³/mol. The number of aliphatic carboxylic acids is 1. The average molecular weight is 674 g/mol. The predicted octanol–water partition coefficient (Wildman–Crippen LogP) is 8.00. The van der Waals surface area contributed by atoms with Crippen molar-refractivity contribution in [3.63, 3.8) is 0 Å². The van der Waals surface area contributed by atoms with E-state index in [0.29, 0.717) is 53.8 Å². The van der Waals surface area contributed by atoms with E-state index < -0.39 is 28.7 Å². The first-order valence-corrected chi connectivity index (χ1v) is 17.3. The van der Waals surface area contributed by atoms with E-state index in [1.807, 2.05) is 55.5 Å². The van der Waals surface area contributed by atoms with Gasteiger partial charge in [0.1, 0.15) is 17.2 Å². The average Bonchev–Trinajstić information content (AvgIpc) is 3.08. The van der Waals surface area contributed by atoms with E-state index in [0.717, 1.165) is 16.7 Å². The maximum absolute atomic E-state index is 13.8. The molecule has 0 aliphatic carbocycles. The monoisotopic (exact) mass is 673 g/mol. The van der Waals surface area contributed by atoms with Gasteiger partial charge < -0.3 is 19.3 Å². The van der Waals surface area contributed by atoms with Crippen LogP contribution in [0.4, 0.5) is 0 Å². The van der Waals surface area contributed by atoms with E-state index in [9.17, 15) is 18.3 Å². The van der Waals surface area contributed by atoms with Gasteiger partial charge in [-0.15, -0.1) is 0 Å². The molecule has 4 aromatic carbocycles. The molecule has 0 unspecified atom stereocenters. The van der Waals surface area contributed by atoms with Crippen molar-refractivity contribution in [2.24, 2.45) is 11.8 Å². The van der Waals surface area contributed by atoms with E-state index in [-0.39, 0.29) is 22.8 Å². The molecule has 0 radical (unpaired) electrons. The van der Waals surface area contributed by atoms with Gasteiger partial charge in [-0.2, -0.15) is 4.31 Å². The van der Waals surface area contributed by atoms with Crippen LogP contribution < -0.4 is 9.47 Å². The Morgan fingerprint density at radius 2 is 1.66 bits per heavy atom. The molecule has 0 aromatic heterocycles. The lowest BCUT2D eigenvalue weighted by Gasteiger charge is -2.47. The van der Waals surface area contributed by atoms with Crippen LogP contribution in [0.2, 0.25) is 5.02 Å². The number of carbonyl (C=O) groups is 1. The maximum atomic E-state index is 13.8. The molecule has 2 aliphatic heterocycles. The van der Waals surface area contributed by atoms with Gasteiger partial charge in [0.2, 0.25) is 10.0 Å². The van der Waals surface area contributed by atoms with Gasteiger partial charge in [0.15, 0.2) is 6.61 Å². The zero-order valence-corrected chi connectivity index (χ0v) is 27.5. The second-order valence-corrected chi connectivity index (χ2v) is 14.4. The van der Waals surface area contributed by atoms with Crippen molar-refractivity contribution in [3.8, 4) is 28.4 Å². The molecule has 0 amide bonds. The molecule has 1 N–H and O–H groups in total. The first kappa shape index (κ1) is 32.8. The highest BCUT2D eigenvalue weighted by Crippen LogP contribution is 2.48. The number of nitrogens with zero attached hydrogens (tertiary/aromatic N) is 1. The quantitative estimate of drug-likeness (QED) is 0.170. The zero-order chi connectivity index (χ0) is 33.1. The molecule has 8 nitrogen and oxygen atoms in total. The number of carboxylic acid groups (broad SMARTS) is 1. The molecule has 2 fully saturated rings. The van der Waals surface area contributed by atoms with E-state index in [1.54, 1.807) is 52.8 Å². The minimum absolute atomic E-state index is 0.0584. The summed E-state index contributed by atoms with van der Waals surface area (Å²) in [5, 5.41) is 9.91. The number of fused-ring (bicyclic) bond motifs is 1. The fourth-order valence-electron chi connectivity index (χ4n) is 6.40. The van der Waals surface area contributed by atoms with Gasteiger partial charge >= 0.3 is 5.97 Å². The Hall–Kier alpha value is -4.15. The molecule has 0 bridgehead atoms. The second-order valence-electron chi connectivity index (χ2n) is 12.0. The van der Waals surface area contributed by atoms with Gasteiger partial charge in [-0.3, -0.25) is 0 Å². The summed E-state index contributed by atoms with van der Waals surface area (Å²) < 4.78 is 47.7. The third-order valence-corrected chi connectivity index (χ3v) is 10.9. The van der Waals surface area contributed by atoms with Crippen LogP contribution in [0.25, 0.3) is 11.1 Å². The number of rotatable bonds is 10. The number of hydrogen-bond donors (Lipinski definition) is 1. The van der Waals surface area contributed by atoms with Crippen molar-refractivity contribution < 1.29 is 32.5 Å². The highest BCUT2D eigenvalue weighted by Gasteiger charge is 2.45. The molecule has 244 valence electrons. The molecule has 0 saturated carbocycles. The summed E-state index contributed by atoms with van der Waals surface area (Å²) in [7, 11) is -3.72. The summed E-state index contributed by atoms with van der Waals surface area (Å²) in [6, 6.07) is 29.1. The third-order valence-electron chi connectivity index (χ3n) is 8.79. The van der Waals surface area contributed by atoms with Gasteiger partial charge in [-0.25, -0.2) is 13.2 Å². The zero-order valence-electron chi connectivity index (χ0n) is 25.9. The van der Waals surface area contributed by atoms with E-state index in [2.05, 4.69) is 6.58 Å². The van der Waals surface area contributed by atoms with Gasteiger partial charge in [-0.05, 0) is 91.4 Å². The number of benzene rings is 4. The lowest BCUT2D eigenvalue weighted by atomic mass is 9.76. The second kappa shape index (κ2) is 13.9. The fourth-order valence-corrected chi connectivity index (χ4v) is 8.04. The Morgan fingerprint density at radius 3 is 2.34 bits per heavy atom. The molecule has 0 spiro atoms. The first-order chi connectivity index (χ1) is 22.6. The Balaban J connectivity index is 1.23. The highest BCUT2D eigenvalue weighted by molar-refractivity contribution is 7.89. The summed E-state index contributed by atoms with van der Waals surface area (Å²) in [6.07, 6.45) is 0.442. The molecule has 6 rings (SSSR count). The molecule has 4 aromatic rings. The number of sulfonamides is 1. The summed E-state index contributed by atoms with van der Waals surface area (Å²) in [6.45, 7) is 6.31. The van der Waals surface area contributed by atoms with E-state index in [1.165, 1.54) is 0 Å². The van der Waals surface area contributed by atoms with Crippen LogP contribution in [-0.2, 0) is 19.6 Å². The van der Waals surface area contributed by atoms with Gasteiger partial charge in [-0.1, -0.05) is 66.2 Å². The topological polar surface area (TPSA) is 102 Å². The van der Waals surface area contributed by atoms with Crippen LogP contribution in [0, 0.1) is 11.8 Å². The third kappa shape index (κ3) is 7.39. The fraction of sp³-hybridized carbons (Fsp3) is 0.270. The minimum Gasteiger partial charge on any atom is -0.482 e. The van der Waals surface area contributed by atoms with Crippen molar-refractivity contribution >= 4 is 27.6 Å². The number of ether oxygens (including phenoxy) is 3. The Labute approximate surface area is 280 Å². The molecule has 2 saturated heterocycles. The Morgan fingerprint density at radius 1 is 0.979 bits per heavy atom. The van der Waals surface area contributed by atoms with Crippen molar-refractivity contribution in [1.29, 1.82) is 0 Å². The van der Waals surface area contributed by atoms with Gasteiger partial charge in [0, 0.05) is 29.6 Å². The molecular weight excluding hydrogens is 638 g/mol. The standard InChI is InChI=1S/C37H36ClNO7S/c1-24(2)32-20-27-22-39(47(42,43)31-15-8-26(9-16-31)25-6-4-3-5-7-25)19-18-34(27)46-37(32)33-21-30(14-17-35(33)44-23-36(40)41)45-29-12-10-28(38)11-13-29/h3-17,21,27,32,34,37H,1,18-20,22-23H2,2H3,(H,40,41)/t27-,32-,34+,37+/m1/s1. The van der Waals surface area contributed by atoms with Crippen LogP contribution in [0.5, 0.6) is 17.2 Å². The van der Waals surface area contributed by atoms with Crippen LogP contribution in [0.15, 0.2) is 114 Å². The minimum atomic E-state index is -3.72. The maximum Gasteiger partial charge on any atom is 0.341 e. The number of halogens is 1. The van der Waals surface area contributed by atoms with Crippen LogP contribution >= 0.6 is 11.6 Å². The van der Waals surface area contributed by atoms with Crippen molar-refractivity contribution in [2.75, 3.05) is 19.7 Å². The number of piperidine rings is 1. The molecule has 4 atom stereocenters. The van der Waals surface area contributed by atoms with Crippen molar-refractivity contribution in [2.45, 2.75) is 36.9 Å². The SMILES string of the molecule is C=C(C)[C@H]1C[C@@H]2CN(S(=O)(=O)c3ccc(-c4ccccc4)cc3)CC[C@@H]2O[C@@H]1c1cc(Oc2ccc(Cl)cc2)ccc1OCC(=O)O.